The third-order valence-corrected chi connectivity index (χ3v) is 1.80. The smallest absolute Gasteiger partial charge is 0.337 e. The van der Waals surface area contributed by atoms with Crippen LogP contribution >= 0.6 is 0 Å². The van der Waals surface area contributed by atoms with Crippen molar-refractivity contribution in [3.63, 3.8) is 0 Å². The lowest BCUT2D eigenvalue weighted by Gasteiger charge is -2.08. The van der Waals surface area contributed by atoms with Gasteiger partial charge in [-0.05, 0) is 18.2 Å². The first-order valence-corrected chi connectivity index (χ1v) is 4.03. The molecule has 1 aromatic rings. The zero-order chi connectivity index (χ0) is 10.6. The topological polar surface area (TPSA) is 44.8 Å². The lowest BCUT2D eigenvalue weighted by molar-refractivity contribution is 0.0600. The SMILES string of the molecule is COc1ccc([13C](=O)OC)cc1OC. The molecule has 0 amide bonds. The van der Waals surface area contributed by atoms with Crippen molar-refractivity contribution in [1.82, 2.24) is 0 Å². The van der Waals surface area contributed by atoms with Crippen LogP contribution in [0.25, 0.3) is 0 Å². The quantitative estimate of drug-likeness (QED) is 0.544. The molecule has 1 rings (SSSR count). The second-order valence-electron chi connectivity index (χ2n) is 2.56. The van der Waals surface area contributed by atoms with Gasteiger partial charge in [-0.1, -0.05) is 0 Å². The average molecular weight is 197 g/mol. The lowest BCUT2D eigenvalue weighted by atomic mass is 10.2. The molecule has 1 aromatic carbocycles. The molecule has 0 aliphatic heterocycles. The number of hydrogen-bond donors (Lipinski definition) is 0. The van der Waals surface area contributed by atoms with Gasteiger partial charge in [0.15, 0.2) is 11.5 Å². The van der Waals surface area contributed by atoms with Gasteiger partial charge in [-0.15, -0.1) is 0 Å². The zero-order valence-electron chi connectivity index (χ0n) is 8.37. The van der Waals surface area contributed by atoms with Gasteiger partial charge in [-0.25, -0.2) is 4.79 Å². The van der Waals surface area contributed by atoms with E-state index in [0.29, 0.717) is 17.1 Å². The number of carbonyl (C=O) groups excluding carboxylic acids is 1. The van der Waals surface area contributed by atoms with Gasteiger partial charge in [0.25, 0.3) is 0 Å². The summed E-state index contributed by atoms with van der Waals surface area (Å²) < 4.78 is 14.6. The first-order valence-electron chi connectivity index (χ1n) is 4.03. The van der Waals surface area contributed by atoms with Crippen LogP contribution in [0.2, 0.25) is 0 Å². The normalized spacial score (nSPS) is 9.36. The Morgan fingerprint density at radius 3 is 2.21 bits per heavy atom. The third kappa shape index (κ3) is 1.96. The first kappa shape index (κ1) is 10.4. The number of esters is 1. The Balaban J connectivity index is 3.07. The van der Waals surface area contributed by atoms with Crippen LogP contribution in [-0.4, -0.2) is 27.3 Å². The fourth-order valence-electron chi connectivity index (χ4n) is 1.08. The molecule has 0 saturated carbocycles. The maximum atomic E-state index is 11.2. The fourth-order valence-corrected chi connectivity index (χ4v) is 1.08. The van der Waals surface area contributed by atoms with E-state index in [1.54, 1.807) is 18.2 Å². The minimum absolute atomic E-state index is 0.397. The van der Waals surface area contributed by atoms with Crippen LogP contribution in [0, 0.1) is 0 Å². The van der Waals surface area contributed by atoms with Gasteiger partial charge in [0.1, 0.15) is 0 Å². The molecule has 0 saturated heterocycles. The van der Waals surface area contributed by atoms with Crippen LogP contribution in [0.1, 0.15) is 10.4 Å². The highest BCUT2D eigenvalue weighted by molar-refractivity contribution is 5.90. The van der Waals surface area contributed by atoms with Crippen LogP contribution in [0.3, 0.4) is 0 Å². The van der Waals surface area contributed by atoms with Crippen molar-refractivity contribution >= 4 is 5.97 Å². The average Bonchev–Trinajstić information content (AvgIpc) is 2.26. The second kappa shape index (κ2) is 4.50. The van der Waals surface area contributed by atoms with E-state index in [2.05, 4.69) is 4.74 Å². The largest absolute Gasteiger partial charge is 0.493 e. The van der Waals surface area contributed by atoms with Crippen LogP contribution in [-0.2, 0) is 4.74 Å². The number of methoxy groups -OCH3 is 3. The predicted molar refractivity (Wildman–Crippen MR) is 50.9 cm³/mol. The molecule has 0 aliphatic rings. The molecule has 0 aromatic heterocycles. The summed E-state index contributed by atoms with van der Waals surface area (Å²) >= 11 is 0. The van der Waals surface area contributed by atoms with Crippen LogP contribution < -0.4 is 9.47 Å². The Hall–Kier alpha value is -1.71. The Morgan fingerprint density at radius 2 is 1.71 bits per heavy atom. The van der Waals surface area contributed by atoms with E-state index in [9.17, 15) is 4.79 Å². The molecule has 0 radical (unpaired) electrons. The molecule has 0 aliphatic carbocycles. The highest BCUT2D eigenvalue weighted by atomic mass is 16.6. The van der Waals surface area contributed by atoms with E-state index < -0.39 is 5.97 Å². The Bertz CT molecular complexity index is 333. The highest BCUT2D eigenvalue weighted by Crippen LogP contribution is 2.27. The summed E-state index contributed by atoms with van der Waals surface area (Å²) in [4.78, 5) is 11.2. The maximum Gasteiger partial charge on any atom is 0.337 e. The molecule has 0 atom stereocenters. The van der Waals surface area contributed by atoms with Crippen LogP contribution in [0.5, 0.6) is 11.5 Å². The minimum Gasteiger partial charge on any atom is -0.493 e. The van der Waals surface area contributed by atoms with Gasteiger partial charge in [-0.2, -0.15) is 0 Å². The van der Waals surface area contributed by atoms with Crippen molar-refractivity contribution in [2.24, 2.45) is 0 Å². The second-order valence-corrected chi connectivity index (χ2v) is 2.56. The predicted octanol–water partition coefficient (Wildman–Crippen LogP) is 1.49. The number of hydrogen-bond acceptors (Lipinski definition) is 4. The monoisotopic (exact) mass is 197 g/mol. The maximum absolute atomic E-state index is 11.2. The summed E-state index contributed by atoms with van der Waals surface area (Å²) in [5.74, 6) is 0.696. The summed E-state index contributed by atoms with van der Waals surface area (Å²) in [6.45, 7) is 0. The summed E-state index contributed by atoms with van der Waals surface area (Å²) in [6, 6.07) is 4.85. The molecule has 4 nitrogen and oxygen atoms in total. The number of ether oxygens (including phenoxy) is 3. The van der Waals surface area contributed by atoms with Crippen molar-refractivity contribution in [3.05, 3.63) is 23.8 Å². The van der Waals surface area contributed by atoms with E-state index in [1.165, 1.54) is 21.3 Å². The summed E-state index contributed by atoms with van der Waals surface area (Å²) in [5, 5.41) is 0. The molecular weight excluding hydrogens is 185 g/mol. The van der Waals surface area contributed by atoms with Gasteiger partial charge >= 0.3 is 5.97 Å². The fraction of sp³-hybridized carbons (Fsp3) is 0.300. The molecular formula is C10H12O4. The number of benzene rings is 1. The molecule has 0 bridgehead atoms. The molecule has 0 fully saturated rings. The molecule has 4 heteroatoms. The van der Waals surface area contributed by atoms with Crippen LogP contribution in [0.4, 0.5) is 0 Å². The Kier molecular flexibility index (Phi) is 3.34. The van der Waals surface area contributed by atoms with E-state index in [-0.39, 0.29) is 0 Å². The molecule has 0 heterocycles. The van der Waals surface area contributed by atoms with Gasteiger partial charge in [0.05, 0.1) is 26.9 Å². The van der Waals surface area contributed by atoms with E-state index in [4.69, 9.17) is 9.47 Å². The Morgan fingerprint density at radius 1 is 1.07 bits per heavy atom. The summed E-state index contributed by atoms with van der Waals surface area (Å²) in [5.41, 5.74) is 0.435. The van der Waals surface area contributed by atoms with Crippen LogP contribution in [0.15, 0.2) is 18.2 Å². The van der Waals surface area contributed by atoms with Crippen molar-refractivity contribution in [2.45, 2.75) is 0 Å². The van der Waals surface area contributed by atoms with Gasteiger partial charge in [-0.3, -0.25) is 0 Å². The van der Waals surface area contributed by atoms with Gasteiger partial charge in [0, 0.05) is 0 Å². The lowest BCUT2D eigenvalue weighted by Crippen LogP contribution is -2.02. The zero-order valence-corrected chi connectivity index (χ0v) is 8.37. The molecule has 0 spiro atoms. The third-order valence-electron chi connectivity index (χ3n) is 1.80. The van der Waals surface area contributed by atoms with E-state index in [1.807, 2.05) is 0 Å². The molecule has 0 unspecified atom stereocenters. The van der Waals surface area contributed by atoms with Crippen molar-refractivity contribution in [2.75, 3.05) is 21.3 Å². The van der Waals surface area contributed by atoms with Crippen molar-refractivity contribution in [3.8, 4) is 11.5 Å². The van der Waals surface area contributed by atoms with E-state index >= 15 is 0 Å². The minimum atomic E-state index is -0.397. The summed E-state index contributed by atoms with van der Waals surface area (Å²) in [7, 11) is 4.38. The van der Waals surface area contributed by atoms with E-state index in [0.717, 1.165) is 0 Å². The van der Waals surface area contributed by atoms with Crippen molar-refractivity contribution in [1.29, 1.82) is 0 Å². The highest BCUT2D eigenvalue weighted by Gasteiger charge is 2.09. The first-order chi connectivity index (χ1) is 6.72. The number of carbonyl (C=O) groups is 1. The molecule has 0 N–H and O–H groups in total. The van der Waals surface area contributed by atoms with Gasteiger partial charge < -0.3 is 14.2 Å². The number of rotatable bonds is 3. The standard InChI is InChI=1S/C10H12O4/c1-12-8-5-4-7(10(11)14-3)6-9(8)13-2/h4-6H,1-3H3/i10+1. The molecule has 76 valence electrons. The molecule has 14 heavy (non-hydrogen) atoms. The van der Waals surface area contributed by atoms with Gasteiger partial charge in [0.2, 0.25) is 0 Å². The summed E-state index contributed by atoms with van der Waals surface area (Å²) in [6.07, 6.45) is 0. The van der Waals surface area contributed by atoms with Crippen molar-refractivity contribution < 1.29 is 19.0 Å². The Labute approximate surface area is 82.4 Å².